The third-order valence-electron chi connectivity index (χ3n) is 4.60. The molecule has 2 aromatic carbocycles. The van der Waals surface area contributed by atoms with Gasteiger partial charge in [0.1, 0.15) is 17.1 Å². The van der Waals surface area contributed by atoms with Crippen molar-refractivity contribution in [3.05, 3.63) is 58.4 Å². The van der Waals surface area contributed by atoms with Gasteiger partial charge >= 0.3 is 5.97 Å². The Morgan fingerprint density at radius 1 is 1.14 bits per heavy atom. The Balaban J connectivity index is 2.13. The quantitative estimate of drug-likeness (QED) is 0.637. The summed E-state index contributed by atoms with van der Waals surface area (Å²) in [5.41, 5.74) is 0.966. The molecule has 0 saturated carbocycles. The average Bonchev–Trinajstić information content (AvgIpc) is 2.75. The molecule has 0 aliphatic rings. The lowest BCUT2D eigenvalue weighted by atomic mass is 9.98. The Morgan fingerprint density at radius 2 is 1.83 bits per heavy atom. The molecule has 0 atom stereocenters. The van der Waals surface area contributed by atoms with Crippen molar-refractivity contribution in [2.75, 3.05) is 20.8 Å². The first-order valence-electron chi connectivity index (χ1n) is 8.75. The number of aromatic hydroxyl groups is 1. The van der Waals surface area contributed by atoms with Crippen LogP contribution in [0.3, 0.4) is 0 Å². The number of rotatable bonds is 5. The number of methoxy groups -OCH3 is 1. The number of fused-ring (bicyclic) bond motifs is 1. The Kier molecular flexibility index (Phi) is 5.54. The highest BCUT2D eigenvalue weighted by Crippen LogP contribution is 2.36. The van der Waals surface area contributed by atoms with E-state index in [1.54, 1.807) is 49.5 Å². The summed E-state index contributed by atoms with van der Waals surface area (Å²) >= 11 is 0. The second-order valence-corrected chi connectivity index (χ2v) is 6.26. The van der Waals surface area contributed by atoms with Gasteiger partial charge in [0.05, 0.1) is 12.6 Å². The predicted molar refractivity (Wildman–Crippen MR) is 107 cm³/mol. The van der Waals surface area contributed by atoms with E-state index in [0.29, 0.717) is 22.2 Å². The number of amides is 1. The van der Waals surface area contributed by atoms with E-state index in [0.717, 1.165) is 5.56 Å². The van der Waals surface area contributed by atoms with E-state index in [1.807, 2.05) is 0 Å². The van der Waals surface area contributed by atoms with Gasteiger partial charge in [-0.3, -0.25) is 9.59 Å². The predicted octanol–water partition coefficient (Wildman–Crippen LogP) is 1.82. The lowest BCUT2D eigenvalue weighted by molar-refractivity contribution is -0.142. The number of benzene rings is 2. The summed E-state index contributed by atoms with van der Waals surface area (Å²) in [5, 5.41) is 13.5. The number of carbonyl (C=O) groups is 2. The summed E-state index contributed by atoms with van der Waals surface area (Å²) < 4.78 is 11.2. The lowest BCUT2D eigenvalue weighted by Crippen LogP contribution is -2.30. The highest BCUT2D eigenvalue weighted by atomic mass is 16.6. The zero-order valence-electron chi connectivity index (χ0n) is 16.2. The summed E-state index contributed by atoms with van der Waals surface area (Å²) in [7, 11) is 4.22. The number of esters is 1. The minimum Gasteiger partial charge on any atom is -0.506 e. The second kappa shape index (κ2) is 8.05. The van der Waals surface area contributed by atoms with Gasteiger partial charge in [0.15, 0.2) is 6.61 Å². The maximum atomic E-state index is 12.5. The topological polar surface area (TPSA) is 107 Å². The largest absolute Gasteiger partial charge is 0.506 e. The molecular formula is C21H20N2O6. The molecule has 0 fully saturated rings. The van der Waals surface area contributed by atoms with Crippen LogP contribution in [0.2, 0.25) is 0 Å². The number of carbonyl (C=O) groups excluding carboxylic acids is 2. The maximum absolute atomic E-state index is 12.5. The molecule has 0 aliphatic heterocycles. The van der Waals surface area contributed by atoms with Crippen molar-refractivity contribution in [2.24, 2.45) is 7.05 Å². The highest BCUT2D eigenvalue weighted by molar-refractivity contribution is 6.07. The van der Waals surface area contributed by atoms with Crippen LogP contribution in [0.1, 0.15) is 10.4 Å². The Morgan fingerprint density at radius 3 is 2.45 bits per heavy atom. The van der Waals surface area contributed by atoms with Gasteiger partial charge in [0, 0.05) is 19.5 Å². The molecule has 0 radical (unpaired) electrons. The van der Waals surface area contributed by atoms with Gasteiger partial charge < -0.3 is 24.5 Å². The average molecular weight is 396 g/mol. The fraction of sp³-hybridized carbons (Fsp3) is 0.190. The summed E-state index contributed by atoms with van der Waals surface area (Å²) in [6, 6.07) is 12.1. The minimum absolute atomic E-state index is 0.206. The zero-order chi connectivity index (χ0) is 21.1. The van der Waals surface area contributed by atoms with Crippen LogP contribution < -0.4 is 15.6 Å². The first kappa shape index (κ1) is 19.9. The van der Waals surface area contributed by atoms with Gasteiger partial charge in [-0.2, -0.15) is 0 Å². The van der Waals surface area contributed by atoms with Crippen LogP contribution in [0, 0.1) is 0 Å². The normalized spacial score (nSPS) is 10.6. The van der Waals surface area contributed by atoms with Crippen LogP contribution in [0.15, 0.2) is 47.3 Å². The van der Waals surface area contributed by atoms with Crippen molar-refractivity contribution in [3.63, 3.8) is 0 Å². The molecule has 29 heavy (non-hydrogen) atoms. The van der Waals surface area contributed by atoms with E-state index in [9.17, 15) is 19.5 Å². The molecule has 150 valence electrons. The molecule has 0 unspecified atom stereocenters. The Hall–Kier alpha value is -3.81. The number of aromatic nitrogens is 1. The summed E-state index contributed by atoms with van der Waals surface area (Å²) in [6.45, 7) is -0.206. The lowest BCUT2D eigenvalue weighted by Gasteiger charge is -2.15. The van der Waals surface area contributed by atoms with Crippen LogP contribution in [-0.2, 0) is 16.6 Å². The van der Waals surface area contributed by atoms with Crippen molar-refractivity contribution in [2.45, 2.75) is 0 Å². The van der Waals surface area contributed by atoms with Crippen LogP contribution >= 0.6 is 0 Å². The van der Waals surface area contributed by atoms with Crippen LogP contribution in [0.5, 0.6) is 11.5 Å². The molecule has 2 N–H and O–H groups in total. The van der Waals surface area contributed by atoms with Gasteiger partial charge in [0.25, 0.3) is 11.5 Å². The van der Waals surface area contributed by atoms with Gasteiger partial charge in [-0.1, -0.05) is 24.3 Å². The van der Waals surface area contributed by atoms with E-state index in [-0.39, 0.29) is 17.9 Å². The molecular weight excluding hydrogens is 376 g/mol. The third kappa shape index (κ3) is 3.64. The molecule has 0 spiro atoms. The minimum atomic E-state index is -0.661. The molecule has 0 bridgehead atoms. The number of pyridine rings is 1. The molecule has 3 aromatic rings. The van der Waals surface area contributed by atoms with Crippen molar-refractivity contribution in [3.8, 4) is 22.6 Å². The number of nitrogens with one attached hydrogen (secondary N) is 1. The first-order valence-corrected chi connectivity index (χ1v) is 8.75. The molecule has 8 nitrogen and oxygen atoms in total. The summed E-state index contributed by atoms with van der Waals surface area (Å²) in [5.74, 6) is -1.05. The smallest absolute Gasteiger partial charge is 0.343 e. The second-order valence-electron chi connectivity index (χ2n) is 6.26. The number of hydrogen-bond donors (Lipinski definition) is 2. The van der Waals surface area contributed by atoms with Crippen molar-refractivity contribution in [1.29, 1.82) is 0 Å². The van der Waals surface area contributed by atoms with E-state index in [4.69, 9.17) is 4.74 Å². The van der Waals surface area contributed by atoms with E-state index in [2.05, 4.69) is 10.1 Å². The molecule has 0 aliphatic carbocycles. The van der Waals surface area contributed by atoms with E-state index >= 15 is 0 Å². The maximum Gasteiger partial charge on any atom is 0.343 e. The van der Waals surface area contributed by atoms with Crippen molar-refractivity contribution in [1.82, 2.24) is 9.88 Å². The fourth-order valence-corrected chi connectivity index (χ4v) is 3.07. The van der Waals surface area contributed by atoms with Crippen molar-refractivity contribution < 1.29 is 24.2 Å². The van der Waals surface area contributed by atoms with Crippen LogP contribution in [0.4, 0.5) is 0 Å². The molecule has 1 aromatic heterocycles. The number of aryl methyl sites for hydroxylation is 1. The molecule has 0 saturated heterocycles. The van der Waals surface area contributed by atoms with Gasteiger partial charge in [0.2, 0.25) is 0 Å². The van der Waals surface area contributed by atoms with Gasteiger partial charge in [-0.25, -0.2) is 4.79 Å². The molecule has 8 heteroatoms. The fourth-order valence-electron chi connectivity index (χ4n) is 3.07. The van der Waals surface area contributed by atoms with Gasteiger partial charge in [-0.05, 0) is 29.3 Å². The Bertz CT molecular complexity index is 1150. The molecule has 1 heterocycles. The molecule has 1 amide bonds. The van der Waals surface area contributed by atoms with Gasteiger partial charge in [-0.15, -0.1) is 0 Å². The first-order chi connectivity index (χ1) is 13.9. The van der Waals surface area contributed by atoms with Crippen LogP contribution in [0.25, 0.3) is 22.0 Å². The summed E-state index contributed by atoms with van der Waals surface area (Å²) in [6.07, 6.45) is 0. The van der Waals surface area contributed by atoms with E-state index < -0.39 is 17.4 Å². The highest BCUT2D eigenvalue weighted by Gasteiger charge is 2.22. The molecule has 3 rings (SSSR count). The standard InChI is InChI=1S/C21H20N2O6/c1-22-20(26)18-19(25)17-14(5-4-6-15(17)23(2)21(18)27)12-7-9-13(10-8-12)29-11-16(24)28-3/h4-10,25H,11H2,1-3H3,(H,22,26). The third-order valence-corrected chi connectivity index (χ3v) is 4.60. The SMILES string of the molecule is CNC(=O)c1c(O)c2c(-c3ccc(OCC(=O)OC)cc3)cccc2n(C)c1=O. The number of ether oxygens (including phenoxy) is 2. The Labute approximate surface area is 166 Å². The van der Waals surface area contributed by atoms with Crippen LogP contribution in [-0.4, -0.2) is 42.3 Å². The summed E-state index contributed by atoms with van der Waals surface area (Å²) in [4.78, 5) is 35.9. The zero-order valence-corrected chi connectivity index (χ0v) is 16.2. The number of nitrogens with zero attached hydrogens (tertiary/aromatic N) is 1. The number of hydrogen-bond acceptors (Lipinski definition) is 6. The van der Waals surface area contributed by atoms with E-state index in [1.165, 1.54) is 18.7 Å². The van der Waals surface area contributed by atoms with Crippen molar-refractivity contribution >= 4 is 22.8 Å². The monoisotopic (exact) mass is 396 g/mol.